The minimum atomic E-state index is -0.201. The molecule has 5 heteroatoms. The van der Waals surface area contributed by atoms with Gasteiger partial charge < -0.3 is 15.5 Å². The third-order valence-corrected chi connectivity index (χ3v) is 3.75. The zero-order valence-electron chi connectivity index (χ0n) is 13.0. The Morgan fingerprint density at radius 2 is 1.65 bits per heavy atom. The second-order valence-corrected chi connectivity index (χ2v) is 5.65. The summed E-state index contributed by atoms with van der Waals surface area (Å²) in [5.41, 5.74) is 2.08. The van der Waals surface area contributed by atoms with Crippen molar-refractivity contribution in [2.24, 2.45) is 0 Å². The van der Waals surface area contributed by atoms with E-state index in [0.717, 1.165) is 18.5 Å². The van der Waals surface area contributed by atoms with Gasteiger partial charge >= 0.3 is 6.03 Å². The fourth-order valence-corrected chi connectivity index (χ4v) is 2.24. The monoisotopic (exact) mass is 309 g/mol. The zero-order chi connectivity index (χ0) is 16.2. The summed E-state index contributed by atoms with van der Waals surface area (Å²) >= 11 is 0. The van der Waals surface area contributed by atoms with Crippen LogP contribution in [0, 0.1) is 0 Å². The van der Waals surface area contributed by atoms with Crippen molar-refractivity contribution in [1.82, 2.24) is 5.32 Å². The second kappa shape index (κ2) is 6.52. The van der Waals surface area contributed by atoms with Crippen molar-refractivity contribution in [2.75, 3.05) is 17.3 Å². The molecule has 0 aliphatic heterocycles. The first-order chi connectivity index (χ1) is 11.1. The Labute approximate surface area is 135 Å². The minimum absolute atomic E-state index is 0.0924. The number of para-hydroxylation sites is 1. The van der Waals surface area contributed by atoms with Crippen LogP contribution in [0.2, 0.25) is 0 Å². The predicted octanol–water partition coefficient (Wildman–Crippen LogP) is 3.25. The molecular formula is C18H19N3O2. The summed E-state index contributed by atoms with van der Waals surface area (Å²) in [6, 6.07) is 16.5. The third-order valence-electron chi connectivity index (χ3n) is 3.75. The lowest BCUT2D eigenvalue weighted by atomic mass is 10.1. The molecule has 0 heterocycles. The van der Waals surface area contributed by atoms with Crippen LogP contribution in [0.25, 0.3) is 0 Å². The smallest absolute Gasteiger partial charge is 0.319 e. The lowest BCUT2D eigenvalue weighted by Gasteiger charge is -2.17. The molecule has 1 saturated carbocycles. The van der Waals surface area contributed by atoms with Crippen molar-refractivity contribution in [1.29, 1.82) is 0 Å². The van der Waals surface area contributed by atoms with Crippen LogP contribution in [0.4, 0.5) is 16.2 Å². The number of hydrogen-bond donors (Lipinski definition) is 2. The number of anilines is 2. The average Bonchev–Trinajstić information content (AvgIpc) is 3.39. The molecule has 0 bridgehead atoms. The number of nitrogens with zero attached hydrogens (tertiary/aromatic N) is 1. The Morgan fingerprint density at radius 3 is 2.26 bits per heavy atom. The van der Waals surface area contributed by atoms with Gasteiger partial charge in [-0.25, -0.2) is 4.79 Å². The molecule has 3 rings (SSSR count). The SMILES string of the molecule is CN(C(=O)c1ccc(NC(=O)NC2CC2)cc1)c1ccccc1. The van der Waals surface area contributed by atoms with Gasteiger partial charge in [0.1, 0.15) is 0 Å². The van der Waals surface area contributed by atoms with Gasteiger partial charge in [-0.05, 0) is 49.2 Å². The van der Waals surface area contributed by atoms with Crippen LogP contribution in [0.3, 0.4) is 0 Å². The van der Waals surface area contributed by atoms with E-state index in [4.69, 9.17) is 0 Å². The molecule has 2 aromatic rings. The zero-order valence-corrected chi connectivity index (χ0v) is 13.0. The highest BCUT2D eigenvalue weighted by Crippen LogP contribution is 2.19. The predicted molar refractivity (Wildman–Crippen MR) is 90.8 cm³/mol. The molecule has 5 nitrogen and oxygen atoms in total. The van der Waals surface area contributed by atoms with Crippen LogP contribution >= 0.6 is 0 Å². The van der Waals surface area contributed by atoms with Crippen molar-refractivity contribution in [3.8, 4) is 0 Å². The molecule has 0 unspecified atom stereocenters. The van der Waals surface area contributed by atoms with Crippen LogP contribution in [-0.2, 0) is 0 Å². The first-order valence-electron chi connectivity index (χ1n) is 7.64. The number of carbonyl (C=O) groups is 2. The van der Waals surface area contributed by atoms with Crippen LogP contribution in [0.15, 0.2) is 54.6 Å². The number of benzene rings is 2. The summed E-state index contributed by atoms with van der Waals surface area (Å²) in [5.74, 6) is -0.0924. The standard InChI is InChI=1S/C18H19N3O2/c1-21(16-5-3-2-4-6-16)17(22)13-7-9-14(10-8-13)19-18(23)20-15-11-12-15/h2-10,15H,11-12H2,1H3,(H2,19,20,23). The fraction of sp³-hybridized carbons (Fsp3) is 0.222. The maximum atomic E-state index is 12.5. The molecule has 0 spiro atoms. The van der Waals surface area contributed by atoms with Crippen molar-refractivity contribution >= 4 is 23.3 Å². The van der Waals surface area contributed by atoms with Gasteiger partial charge in [-0.3, -0.25) is 4.79 Å². The quantitative estimate of drug-likeness (QED) is 0.910. The van der Waals surface area contributed by atoms with E-state index < -0.39 is 0 Å². The summed E-state index contributed by atoms with van der Waals surface area (Å²) in [7, 11) is 1.74. The molecule has 0 atom stereocenters. The average molecular weight is 309 g/mol. The summed E-state index contributed by atoms with van der Waals surface area (Å²) in [4.78, 5) is 25.7. The highest BCUT2D eigenvalue weighted by atomic mass is 16.2. The maximum Gasteiger partial charge on any atom is 0.319 e. The summed E-state index contributed by atoms with van der Waals surface area (Å²) in [6.07, 6.45) is 2.10. The van der Waals surface area contributed by atoms with E-state index in [1.807, 2.05) is 30.3 Å². The van der Waals surface area contributed by atoms with Gasteiger partial charge in [-0.15, -0.1) is 0 Å². The van der Waals surface area contributed by atoms with E-state index in [1.54, 1.807) is 36.2 Å². The van der Waals surface area contributed by atoms with Crippen molar-refractivity contribution in [3.63, 3.8) is 0 Å². The Balaban J connectivity index is 1.64. The van der Waals surface area contributed by atoms with Crippen LogP contribution in [-0.4, -0.2) is 25.0 Å². The number of rotatable bonds is 4. The van der Waals surface area contributed by atoms with Gasteiger partial charge in [-0.1, -0.05) is 18.2 Å². The number of nitrogens with one attached hydrogen (secondary N) is 2. The van der Waals surface area contributed by atoms with Gasteiger partial charge in [0.2, 0.25) is 0 Å². The largest absolute Gasteiger partial charge is 0.335 e. The van der Waals surface area contributed by atoms with E-state index >= 15 is 0 Å². The lowest BCUT2D eigenvalue weighted by molar-refractivity contribution is 0.0993. The van der Waals surface area contributed by atoms with E-state index in [-0.39, 0.29) is 11.9 Å². The Bertz CT molecular complexity index is 694. The van der Waals surface area contributed by atoms with E-state index in [2.05, 4.69) is 10.6 Å². The fourth-order valence-electron chi connectivity index (χ4n) is 2.24. The van der Waals surface area contributed by atoms with Crippen molar-refractivity contribution in [3.05, 3.63) is 60.2 Å². The Hall–Kier alpha value is -2.82. The lowest BCUT2D eigenvalue weighted by Crippen LogP contribution is -2.30. The number of amides is 3. The summed E-state index contributed by atoms with van der Waals surface area (Å²) in [6.45, 7) is 0. The third kappa shape index (κ3) is 3.88. The van der Waals surface area contributed by atoms with Crippen molar-refractivity contribution in [2.45, 2.75) is 18.9 Å². The highest BCUT2D eigenvalue weighted by Gasteiger charge is 2.23. The second-order valence-electron chi connectivity index (χ2n) is 5.65. The molecule has 0 radical (unpaired) electrons. The molecule has 23 heavy (non-hydrogen) atoms. The van der Waals surface area contributed by atoms with E-state index in [0.29, 0.717) is 17.3 Å². The van der Waals surface area contributed by atoms with Gasteiger partial charge in [-0.2, -0.15) is 0 Å². The molecule has 2 aromatic carbocycles. The normalized spacial score (nSPS) is 13.3. The molecule has 1 aliphatic carbocycles. The highest BCUT2D eigenvalue weighted by molar-refractivity contribution is 6.06. The minimum Gasteiger partial charge on any atom is -0.335 e. The van der Waals surface area contributed by atoms with Gasteiger partial charge in [0.25, 0.3) is 5.91 Å². The number of carbonyl (C=O) groups excluding carboxylic acids is 2. The molecule has 0 aromatic heterocycles. The van der Waals surface area contributed by atoms with Crippen LogP contribution in [0.5, 0.6) is 0 Å². The molecule has 0 saturated heterocycles. The molecule has 118 valence electrons. The maximum absolute atomic E-state index is 12.5. The Kier molecular flexibility index (Phi) is 4.28. The van der Waals surface area contributed by atoms with Crippen LogP contribution < -0.4 is 15.5 Å². The number of urea groups is 1. The van der Waals surface area contributed by atoms with Gasteiger partial charge in [0, 0.05) is 30.0 Å². The molecule has 2 N–H and O–H groups in total. The van der Waals surface area contributed by atoms with Gasteiger partial charge in [0.15, 0.2) is 0 Å². The van der Waals surface area contributed by atoms with Crippen LogP contribution in [0.1, 0.15) is 23.2 Å². The first kappa shape index (κ1) is 15.1. The topological polar surface area (TPSA) is 61.4 Å². The van der Waals surface area contributed by atoms with E-state index in [1.165, 1.54) is 0 Å². The first-order valence-corrected chi connectivity index (χ1v) is 7.64. The van der Waals surface area contributed by atoms with Crippen molar-refractivity contribution < 1.29 is 9.59 Å². The number of hydrogen-bond acceptors (Lipinski definition) is 2. The molecule has 1 fully saturated rings. The molecule has 1 aliphatic rings. The molecule has 3 amide bonds. The Morgan fingerprint density at radius 1 is 1.00 bits per heavy atom. The summed E-state index contributed by atoms with van der Waals surface area (Å²) < 4.78 is 0. The molecular weight excluding hydrogens is 290 g/mol. The van der Waals surface area contributed by atoms with E-state index in [9.17, 15) is 9.59 Å². The van der Waals surface area contributed by atoms with Gasteiger partial charge in [0.05, 0.1) is 0 Å². The summed E-state index contributed by atoms with van der Waals surface area (Å²) in [5, 5.41) is 5.62.